The van der Waals surface area contributed by atoms with Crippen LogP contribution in [0, 0.1) is 5.92 Å². The molecule has 2 fully saturated rings. The lowest BCUT2D eigenvalue weighted by molar-refractivity contribution is -0.158. The first-order valence-electron chi connectivity index (χ1n) is 7.03. The summed E-state index contributed by atoms with van der Waals surface area (Å²) in [5, 5.41) is 1.59. The van der Waals surface area contributed by atoms with Gasteiger partial charge in [0.1, 0.15) is 5.60 Å². The Hall–Kier alpha value is 0.590. The minimum absolute atomic E-state index is 0.306. The number of Topliss-reactive ketones (excluding diaryl/α,β-unsaturated/α-hetero) is 1. The largest absolute Gasteiger partial charge is 0.363 e. The standard InChI is InChI=1S/C14H22Br2O2/c15-9-11-6-7-14(10-16,13(17)8-11)18-12-4-2-1-3-5-12/h11-12H,1-10H2. The summed E-state index contributed by atoms with van der Waals surface area (Å²) in [7, 11) is 0. The van der Waals surface area contributed by atoms with Crippen LogP contribution in [0.2, 0.25) is 0 Å². The van der Waals surface area contributed by atoms with E-state index in [1.807, 2.05) is 0 Å². The molecule has 0 aromatic rings. The van der Waals surface area contributed by atoms with E-state index < -0.39 is 5.60 Å². The molecular weight excluding hydrogens is 360 g/mol. The fourth-order valence-electron chi connectivity index (χ4n) is 3.06. The van der Waals surface area contributed by atoms with E-state index in [1.165, 1.54) is 19.3 Å². The highest BCUT2D eigenvalue weighted by Gasteiger charge is 2.44. The fourth-order valence-corrected chi connectivity index (χ4v) is 4.34. The molecule has 0 aromatic carbocycles. The molecule has 2 aliphatic carbocycles. The second kappa shape index (κ2) is 6.85. The third-order valence-electron chi connectivity index (χ3n) is 4.32. The number of carbonyl (C=O) groups excluding carboxylic acids is 1. The molecule has 0 N–H and O–H groups in total. The van der Waals surface area contributed by atoms with Crippen molar-refractivity contribution in [3.05, 3.63) is 0 Å². The van der Waals surface area contributed by atoms with Crippen molar-refractivity contribution in [1.29, 1.82) is 0 Å². The van der Waals surface area contributed by atoms with Crippen molar-refractivity contribution >= 4 is 37.6 Å². The van der Waals surface area contributed by atoms with Gasteiger partial charge in [0.05, 0.1) is 6.10 Å². The molecule has 2 atom stereocenters. The quantitative estimate of drug-likeness (QED) is 0.681. The Morgan fingerprint density at radius 2 is 1.89 bits per heavy atom. The van der Waals surface area contributed by atoms with Crippen LogP contribution in [0.25, 0.3) is 0 Å². The number of carbonyl (C=O) groups is 1. The predicted octanol–water partition coefficient (Wildman–Crippen LogP) is 4.23. The van der Waals surface area contributed by atoms with Gasteiger partial charge in [-0.2, -0.15) is 0 Å². The van der Waals surface area contributed by atoms with Crippen LogP contribution in [0.3, 0.4) is 0 Å². The molecule has 0 amide bonds. The summed E-state index contributed by atoms with van der Waals surface area (Å²) < 4.78 is 6.26. The minimum atomic E-state index is -0.527. The molecule has 2 nitrogen and oxygen atoms in total. The van der Waals surface area contributed by atoms with E-state index >= 15 is 0 Å². The zero-order valence-electron chi connectivity index (χ0n) is 10.8. The molecule has 2 saturated carbocycles. The van der Waals surface area contributed by atoms with Gasteiger partial charge in [-0.15, -0.1) is 0 Å². The second-order valence-electron chi connectivity index (χ2n) is 5.69. The van der Waals surface area contributed by atoms with E-state index in [0.717, 1.165) is 31.0 Å². The predicted molar refractivity (Wildman–Crippen MR) is 80.6 cm³/mol. The molecule has 0 aromatic heterocycles. The fraction of sp³-hybridized carbons (Fsp3) is 0.929. The Balaban J connectivity index is 1.99. The molecule has 0 bridgehead atoms. The van der Waals surface area contributed by atoms with Gasteiger partial charge >= 0.3 is 0 Å². The monoisotopic (exact) mass is 380 g/mol. The van der Waals surface area contributed by atoms with Crippen LogP contribution >= 0.6 is 31.9 Å². The Morgan fingerprint density at radius 3 is 2.44 bits per heavy atom. The van der Waals surface area contributed by atoms with E-state index in [4.69, 9.17) is 4.74 Å². The third-order valence-corrected chi connectivity index (χ3v) is 6.14. The van der Waals surface area contributed by atoms with Crippen LogP contribution in [-0.2, 0) is 9.53 Å². The summed E-state index contributed by atoms with van der Waals surface area (Å²) in [5.41, 5.74) is -0.527. The van der Waals surface area contributed by atoms with Crippen LogP contribution in [0.5, 0.6) is 0 Å². The van der Waals surface area contributed by atoms with Crippen molar-refractivity contribution in [2.24, 2.45) is 5.92 Å². The first kappa shape index (κ1) is 15.0. The molecule has 4 heteroatoms. The smallest absolute Gasteiger partial charge is 0.165 e. The average Bonchev–Trinajstić information content (AvgIpc) is 2.42. The Kier molecular flexibility index (Phi) is 5.70. The normalized spacial score (nSPS) is 34.8. The SMILES string of the molecule is O=C1CC(CBr)CCC1(CBr)OC1CCCCC1. The summed E-state index contributed by atoms with van der Waals surface area (Å²) >= 11 is 7.01. The highest BCUT2D eigenvalue weighted by molar-refractivity contribution is 9.09. The van der Waals surface area contributed by atoms with Crippen LogP contribution in [0.15, 0.2) is 0 Å². The number of alkyl halides is 2. The highest BCUT2D eigenvalue weighted by Crippen LogP contribution is 2.37. The molecule has 0 radical (unpaired) electrons. The molecule has 0 spiro atoms. The van der Waals surface area contributed by atoms with Crippen molar-refractivity contribution in [2.75, 3.05) is 10.7 Å². The van der Waals surface area contributed by atoms with Gasteiger partial charge in [-0.25, -0.2) is 0 Å². The molecule has 2 unspecified atom stereocenters. The average molecular weight is 382 g/mol. The molecular formula is C14H22Br2O2. The van der Waals surface area contributed by atoms with Gasteiger partial charge in [0.25, 0.3) is 0 Å². The Labute approximate surface area is 126 Å². The first-order chi connectivity index (χ1) is 8.70. The van der Waals surface area contributed by atoms with E-state index in [9.17, 15) is 4.79 Å². The van der Waals surface area contributed by atoms with Gasteiger partial charge in [-0.05, 0) is 31.6 Å². The molecule has 0 saturated heterocycles. The minimum Gasteiger partial charge on any atom is -0.363 e. The van der Waals surface area contributed by atoms with Gasteiger partial charge in [-0.3, -0.25) is 4.79 Å². The van der Waals surface area contributed by atoms with E-state index in [-0.39, 0.29) is 0 Å². The maximum Gasteiger partial charge on any atom is 0.165 e. The lowest BCUT2D eigenvalue weighted by Crippen LogP contribution is -2.50. The van der Waals surface area contributed by atoms with Crippen molar-refractivity contribution in [2.45, 2.75) is 63.1 Å². The molecule has 0 aliphatic heterocycles. The Morgan fingerprint density at radius 1 is 1.17 bits per heavy atom. The molecule has 18 heavy (non-hydrogen) atoms. The number of hydrogen-bond donors (Lipinski definition) is 0. The van der Waals surface area contributed by atoms with Crippen LogP contribution < -0.4 is 0 Å². The van der Waals surface area contributed by atoms with Gasteiger partial charge in [0.15, 0.2) is 5.78 Å². The topological polar surface area (TPSA) is 26.3 Å². The summed E-state index contributed by atoms with van der Waals surface area (Å²) in [4.78, 5) is 12.4. The zero-order chi connectivity index (χ0) is 13.0. The highest BCUT2D eigenvalue weighted by atomic mass is 79.9. The van der Waals surface area contributed by atoms with Crippen molar-refractivity contribution in [3.63, 3.8) is 0 Å². The summed E-state index contributed by atoms with van der Waals surface area (Å²) in [6.45, 7) is 0. The zero-order valence-corrected chi connectivity index (χ0v) is 14.0. The number of hydrogen-bond acceptors (Lipinski definition) is 2. The van der Waals surface area contributed by atoms with Gasteiger partial charge in [0, 0.05) is 17.1 Å². The van der Waals surface area contributed by atoms with Gasteiger partial charge in [-0.1, -0.05) is 51.1 Å². The van der Waals surface area contributed by atoms with Crippen molar-refractivity contribution < 1.29 is 9.53 Å². The second-order valence-corrected chi connectivity index (χ2v) is 6.90. The van der Waals surface area contributed by atoms with Crippen LogP contribution in [0.1, 0.15) is 51.4 Å². The van der Waals surface area contributed by atoms with Crippen molar-refractivity contribution in [1.82, 2.24) is 0 Å². The number of ketones is 1. The van der Waals surface area contributed by atoms with Gasteiger partial charge in [0.2, 0.25) is 0 Å². The molecule has 2 rings (SSSR count). The Bertz CT molecular complexity index is 290. The molecule has 0 heterocycles. The van der Waals surface area contributed by atoms with Gasteiger partial charge < -0.3 is 4.74 Å². The number of halogens is 2. The summed E-state index contributed by atoms with van der Waals surface area (Å²) in [6, 6.07) is 0. The van der Waals surface area contributed by atoms with E-state index in [0.29, 0.717) is 29.6 Å². The first-order valence-corrected chi connectivity index (χ1v) is 9.27. The van der Waals surface area contributed by atoms with E-state index in [1.54, 1.807) is 0 Å². The lowest BCUT2D eigenvalue weighted by atomic mass is 9.79. The number of rotatable bonds is 4. The maximum absolute atomic E-state index is 12.4. The summed E-state index contributed by atoms with van der Waals surface area (Å²) in [5.74, 6) is 0.806. The van der Waals surface area contributed by atoms with Crippen LogP contribution in [-0.4, -0.2) is 28.1 Å². The molecule has 104 valence electrons. The maximum atomic E-state index is 12.4. The lowest BCUT2D eigenvalue weighted by Gasteiger charge is -2.40. The van der Waals surface area contributed by atoms with E-state index in [2.05, 4.69) is 31.9 Å². The number of ether oxygens (including phenoxy) is 1. The molecule has 2 aliphatic rings. The third kappa shape index (κ3) is 3.37. The van der Waals surface area contributed by atoms with Crippen LogP contribution in [0.4, 0.5) is 0 Å². The summed E-state index contributed by atoms with van der Waals surface area (Å²) in [6.07, 6.45) is 9.03. The van der Waals surface area contributed by atoms with Crippen molar-refractivity contribution in [3.8, 4) is 0 Å².